The van der Waals surface area contributed by atoms with E-state index in [4.69, 9.17) is 11.6 Å². The van der Waals surface area contributed by atoms with E-state index in [2.05, 4.69) is 4.98 Å². The van der Waals surface area contributed by atoms with Crippen LogP contribution >= 0.6 is 11.6 Å². The maximum absolute atomic E-state index is 14.4. The Labute approximate surface area is 128 Å². The van der Waals surface area contributed by atoms with Crippen LogP contribution in [0.4, 0.5) is 4.39 Å². The third kappa shape index (κ3) is 2.70. The molecule has 21 heavy (non-hydrogen) atoms. The van der Waals surface area contributed by atoms with Crippen molar-refractivity contribution in [1.29, 1.82) is 0 Å². The van der Waals surface area contributed by atoms with Crippen molar-refractivity contribution < 1.29 is 9.50 Å². The van der Waals surface area contributed by atoms with E-state index in [0.717, 1.165) is 19.3 Å². The van der Waals surface area contributed by atoms with Crippen LogP contribution in [0.15, 0.2) is 36.9 Å². The highest BCUT2D eigenvalue weighted by Crippen LogP contribution is 2.43. The molecule has 0 amide bonds. The van der Waals surface area contributed by atoms with Crippen LogP contribution in [0.1, 0.15) is 43.7 Å². The molecule has 0 aliphatic heterocycles. The van der Waals surface area contributed by atoms with Crippen LogP contribution in [0.5, 0.6) is 0 Å². The maximum atomic E-state index is 14.4. The van der Waals surface area contributed by atoms with Crippen molar-refractivity contribution in [2.75, 3.05) is 0 Å². The predicted octanol–water partition coefficient (Wildman–Crippen LogP) is 3.96. The monoisotopic (exact) mass is 308 g/mol. The fourth-order valence-electron chi connectivity index (χ4n) is 3.33. The summed E-state index contributed by atoms with van der Waals surface area (Å²) in [6, 6.07) is 4.08. The summed E-state index contributed by atoms with van der Waals surface area (Å²) in [6.45, 7) is 0. The van der Waals surface area contributed by atoms with E-state index in [9.17, 15) is 9.50 Å². The lowest BCUT2D eigenvalue weighted by atomic mass is 9.76. The summed E-state index contributed by atoms with van der Waals surface area (Å²) in [5, 5.41) is 11.5. The molecule has 1 aliphatic carbocycles. The zero-order valence-electron chi connectivity index (χ0n) is 11.7. The number of aromatic nitrogens is 2. The molecule has 112 valence electrons. The first-order valence-electron chi connectivity index (χ1n) is 7.25. The van der Waals surface area contributed by atoms with Gasteiger partial charge in [0.2, 0.25) is 0 Å². The molecule has 1 saturated carbocycles. The van der Waals surface area contributed by atoms with E-state index in [1.807, 2.05) is 0 Å². The van der Waals surface area contributed by atoms with Gasteiger partial charge in [-0.25, -0.2) is 9.37 Å². The molecule has 0 saturated heterocycles. The van der Waals surface area contributed by atoms with Gasteiger partial charge in [0, 0.05) is 23.0 Å². The average Bonchev–Trinajstić information content (AvgIpc) is 2.97. The molecular formula is C16H18ClFN2O. The fraction of sp³-hybridized carbons (Fsp3) is 0.438. The van der Waals surface area contributed by atoms with Gasteiger partial charge in [-0.15, -0.1) is 0 Å². The number of imidazole rings is 1. The van der Waals surface area contributed by atoms with Gasteiger partial charge in [0.25, 0.3) is 0 Å². The van der Waals surface area contributed by atoms with Gasteiger partial charge in [0.05, 0.1) is 18.0 Å². The molecule has 0 spiro atoms. The van der Waals surface area contributed by atoms with Crippen molar-refractivity contribution in [3.05, 3.63) is 53.3 Å². The van der Waals surface area contributed by atoms with E-state index in [-0.39, 0.29) is 5.82 Å². The molecule has 5 heteroatoms. The van der Waals surface area contributed by atoms with Crippen molar-refractivity contribution in [2.24, 2.45) is 0 Å². The number of hydrogen-bond donors (Lipinski definition) is 1. The second kappa shape index (κ2) is 5.78. The second-order valence-corrected chi connectivity index (χ2v) is 6.12. The van der Waals surface area contributed by atoms with E-state index < -0.39 is 11.6 Å². The lowest BCUT2D eigenvalue weighted by Crippen LogP contribution is -2.42. The number of hydrogen-bond acceptors (Lipinski definition) is 2. The maximum Gasteiger partial charge on any atom is 0.130 e. The van der Waals surface area contributed by atoms with E-state index in [1.54, 1.807) is 35.4 Å². The topological polar surface area (TPSA) is 38.0 Å². The minimum atomic E-state index is -0.995. The molecule has 1 aliphatic rings. The Kier molecular flexibility index (Phi) is 4.00. The Balaban J connectivity index is 2.13. The standard InChI is InChI=1S/C16H18ClFN2O/c17-12-5-4-6-13(18)14(12)15(20-10-9-19-11-20)16(21)7-2-1-3-8-16/h4-6,9-11,15,21H,1-3,7-8H2. The highest BCUT2D eigenvalue weighted by atomic mass is 35.5. The van der Waals surface area contributed by atoms with Gasteiger partial charge in [-0.05, 0) is 25.0 Å². The highest BCUT2D eigenvalue weighted by Gasteiger charge is 2.41. The average molecular weight is 309 g/mol. The van der Waals surface area contributed by atoms with Crippen molar-refractivity contribution in [1.82, 2.24) is 9.55 Å². The number of nitrogens with zero attached hydrogens (tertiary/aromatic N) is 2. The van der Waals surface area contributed by atoms with Gasteiger partial charge >= 0.3 is 0 Å². The van der Waals surface area contributed by atoms with Gasteiger partial charge in [-0.3, -0.25) is 0 Å². The first-order chi connectivity index (χ1) is 10.1. The third-order valence-corrected chi connectivity index (χ3v) is 4.65. The molecule has 1 N–H and O–H groups in total. The lowest BCUT2D eigenvalue weighted by Gasteiger charge is -2.40. The van der Waals surface area contributed by atoms with Crippen molar-refractivity contribution >= 4 is 11.6 Å². The molecule has 0 radical (unpaired) electrons. The first kappa shape index (κ1) is 14.5. The van der Waals surface area contributed by atoms with Gasteiger partial charge in [-0.2, -0.15) is 0 Å². The van der Waals surface area contributed by atoms with Gasteiger partial charge in [-0.1, -0.05) is 36.9 Å². The Bertz CT molecular complexity index is 588. The van der Waals surface area contributed by atoms with E-state index in [1.165, 1.54) is 6.07 Å². The molecule has 1 atom stereocenters. The minimum Gasteiger partial charge on any atom is -0.387 e. The van der Waals surface area contributed by atoms with E-state index in [0.29, 0.717) is 23.4 Å². The quantitative estimate of drug-likeness (QED) is 0.932. The van der Waals surface area contributed by atoms with Gasteiger partial charge in [0.1, 0.15) is 5.82 Å². The lowest BCUT2D eigenvalue weighted by molar-refractivity contribution is -0.0312. The summed E-state index contributed by atoms with van der Waals surface area (Å²) in [6.07, 6.45) is 9.25. The third-order valence-electron chi connectivity index (χ3n) is 4.32. The Morgan fingerprint density at radius 2 is 2.05 bits per heavy atom. The Morgan fingerprint density at radius 1 is 1.29 bits per heavy atom. The van der Waals surface area contributed by atoms with E-state index >= 15 is 0 Å². The first-order valence-corrected chi connectivity index (χ1v) is 7.63. The summed E-state index contributed by atoms with van der Waals surface area (Å²) in [7, 11) is 0. The molecule has 1 aromatic carbocycles. The van der Waals surface area contributed by atoms with Crippen LogP contribution in [0.25, 0.3) is 0 Å². The smallest absolute Gasteiger partial charge is 0.130 e. The van der Waals surface area contributed by atoms with Crippen LogP contribution in [-0.4, -0.2) is 20.3 Å². The molecular weight excluding hydrogens is 291 g/mol. The molecule has 1 unspecified atom stereocenters. The molecule has 1 aromatic heterocycles. The number of aliphatic hydroxyl groups is 1. The van der Waals surface area contributed by atoms with Crippen LogP contribution in [0.3, 0.4) is 0 Å². The largest absolute Gasteiger partial charge is 0.387 e. The summed E-state index contributed by atoms with van der Waals surface area (Å²) in [5.41, 5.74) is -0.647. The minimum absolute atomic E-state index is 0.340. The zero-order chi connectivity index (χ0) is 14.9. The molecule has 0 bridgehead atoms. The van der Waals surface area contributed by atoms with Crippen molar-refractivity contribution in [3.63, 3.8) is 0 Å². The SMILES string of the molecule is OC1(C(c2c(F)cccc2Cl)n2ccnc2)CCCCC1. The molecule has 3 nitrogen and oxygen atoms in total. The van der Waals surface area contributed by atoms with Crippen LogP contribution in [0.2, 0.25) is 5.02 Å². The summed E-state index contributed by atoms with van der Waals surface area (Å²) < 4.78 is 16.1. The molecule has 1 heterocycles. The Hall–Kier alpha value is -1.39. The number of halogens is 2. The number of rotatable bonds is 3. The van der Waals surface area contributed by atoms with Crippen LogP contribution in [-0.2, 0) is 0 Å². The predicted molar refractivity (Wildman–Crippen MR) is 79.8 cm³/mol. The van der Waals surface area contributed by atoms with Gasteiger partial charge in [0.15, 0.2) is 0 Å². The second-order valence-electron chi connectivity index (χ2n) is 5.71. The number of benzene rings is 1. The molecule has 2 aromatic rings. The molecule has 3 rings (SSSR count). The van der Waals surface area contributed by atoms with Crippen molar-refractivity contribution in [2.45, 2.75) is 43.7 Å². The van der Waals surface area contributed by atoms with Crippen LogP contribution < -0.4 is 0 Å². The van der Waals surface area contributed by atoms with Crippen molar-refractivity contribution in [3.8, 4) is 0 Å². The normalized spacial score (nSPS) is 19.4. The fourth-order valence-corrected chi connectivity index (χ4v) is 3.59. The zero-order valence-corrected chi connectivity index (χ0v) is 12.4. The van der Waals surface area contributed by atoms with Gasteiger partial charge < -0.3 is 9.67 Å². The molecule has 1 fully saturated rings. The summed E-state index contributed by atoms with van der Waals surface area (Å²) >= 11 is 6.24. The summed E-state index contributed by atoms with van der Waals surface area (Å²) in [4.78, 5) is 4.04. The summed E-state index contributed by atoms with van der Waals surface area (Å²) in [5.74, 6) is -0.389. The van der Waals surface area contributed by atoms with Crippen LogP contribution in [0, 0.1) is 5.82 Å². The Morgan fingerprint density at radius 3 is 2.67 bits per heavy atom. The highest BCUT2D eigenvalue weighted by molar-refractivity contribution is 6.31.